The molecule has 0 aromatic carbocycles. The minimum absolute atomic E-state index is 0.0420. The zero-order valence-electron chi connectivity index (χ0n) is 17.5. The van der Waals surface area contributed by atoms with E-state index in [9.17, 15) is 13.2 Å². The largest absolute Gasteiger partial charge is 0.376 e. The van der Waals surface area contributed by atoms with Crippen molar-refractivity contribution in [2.45, 2.75) is 66.2 Å². The molecule has 1 amide bonds. The van der Waals surface area contributed by atoms with E-state index in [-0.39, 0.29) is 30.6 Å². The summed E-state index contributed by atoms with van der Waals surface area (Å²) in [6.45, 7) is 15.3. The number of nitrogens with zero attached hydrogens (tertiary/aromatic N) is 2. The van der Waals surface area contributed by atoms with Crippen LogP contribution in [0.1, 0.15) is 48.5 Å². The molecule has 0 spiro atoms. The second-order valence-electron chi connectivity index (χ2n) is 9.12. The van der Waals surface area contributed by atoms with Crippen LogP contribution >= 0.6 is 0 Å². The molecular weight excluding hydrogens is 356 g/mol. The van der Waals surface area contributed by atoms with E-state index in [1.807, 2.05) is 27.7 Å². The van der Waals surface area contributed by atoms with Crippen LogP contribution in [0.15, 0.2) is 0 Å². The number of sulfonamides is 1. The zero-order chi connectivity index (χ0) is 20.3. The van der Waals surface area contributed by atoms with Crippen LogP contribution in [0.4, 0.5) is 0 Å². The van der Waals surface area contributed by atoms with E-state index in [0.717, 1.165) is 0 Å². The van der Waals surface area contributed by atoms with Crippen molar-refractivity contribution < 1.29 is 22.7 Å². The molecule has 7 nitrogen and oxygen atoms in total. The molecule has 2 unspecified atom stereocenters. The monoisotopic (exact) mass is 392 g/mol. The van der Waals surface area contributed by atoms with Gasteiger partial charge in [0.2, 0.25) is 15.9 Å². The Labute approximate surface area is 159 Å². The third kappa shape index (κ3) is 6.79. The fourth-order valence-electron chi connectivity index (χ4n) is 3.01. The molecule has 1 heterocycles. The molecule has 1 aliphatic rings. The maximum Gasteiger partial charge on any atom is 0.248 e. The molecule has 1 aliphatic heterocycles. The Kier molecular flexibility index (Phi) is 7.67. The number of rotatable bonds is 7. The zero-order valence-corrected chi connectivity index (χ0v) is 18.4. The van der Waals surface area contributed by atoms with Gasteiger partial charge < -0.3 is 14.4 Å². The first-order chi connectivity index (χ1) is 11.6. The van der Waals surface area contributed by atoms with Crippen LogP contribution in [0.25, 0.3) is 0 Å². The van der Waals surface area contributed by atoms with E-state index >= 15 is 0 Å². The summed E-state index contributed by atoms with van der Waals surface area (Å²) in [7, 11) is -3.49. The van der Waals surface area contributed by atoms with Gasteiger partial charge in [-0.05, 0) is 33.1 Å². The maximum atomic E-state index is 12.5. The number of carbonyl (C=O) groups excluding carboxylic acids is 1. The highest BCUT2D eigenvalue weighted by Crippen LogP contribution is 2.26. The van der Waals surface area contributed by atoms with Crippen molar-refractivity contribution >= 4 is 15.9 Å². The van der Waals surface area contributed by atoms with E-state index in [1.54, 1.807) is 4.90 Å². The van der Waals surface area contributed by atoms with E-state index in [1.165, 1.54) is 10.6 Å². The van der Waals surface area contributed by atoms with Crippen LogP contribution in [0.5, 0.6) is 0 Å². The second-order valence-corrected chi connectivity index (χ2v) is 11.0. The average molecular weight is 393 g/mol. The third-order valence-corrected chi connectivity index (χ3v) is 6.18. The summed E-state index contributed by atoms with van der Waals surface area (Å²) < 4.78 is 37.7. The topological polar surface area (TPSA) is 76.2 Å². The fourth-order valence-corrected chi connectivity index (χ4v) is 4.68. The van der Waals surface area contributed by atoms with Crippen molar-refractivity contribution in [3.8, 4) is 0 Å². The first-order valence-corrected chi connectivity index (χ1v) is 11.0. The van der Waals surface area contributed by atoms with Gasteiger partial charge in [0.05, 0.1) is 31.6 Å². The predicted molar refractivity (Wildman–Crippen MR) is 102 cm³/mol. The van der Waals surface area contributed by atoms with E-state index in [0.29, 0.717) is 19.7 Å². The van der Waals surface area contributed by atoms with Crippen LogP contribution in [0.3, 0.4) is 0 Å². The van der Waals surface area contributed by atoms with Crippen LogP contribution < -0.4 is 0 Å². The van der Waals surface area contributed by atoms with Gasteiger partial charge in [0.15, 0.2) is 0 Å². The molecule has 0 aliphatic carbocycles. The summed E-state index contributed by atoms with van der Waals surface area (Å²) in [5.41, 5.74) is -0.682. The summed E-state index contributed by atoms with van der Waals surface area (Å²) in [5.74, 6) is -0.118. The van der Waals surface area contributed by atoms with Gasteiger partial charge in [0.25, 0.3) is 0 Å². The van der Waals surface area contributed by atoms with Gasteiger partial charge in [-0.3, -0.25) is 4.79 Å². The Bertz CT molecular complexity index is 577. The maximum absolute atomic E-state index is 12.5. The van der Waals surface area contributed by atoms with Crippen LogP contribution in [0, 0.1) is 5.41 Å². The lowest BCUT2D eigenvalue weighted by Gasteiger charge is -2.42. The van der Waals surface area contributed by atoms with Crippen molar-refractivity contribution in [2.24, 2.45) is 5.41 Å². The molecule has 26 heavy (non-hydrogen) atoms. The standard InChI is InChI=1S/C18H36N2O5S/c1-14(17(2,3)4)25-12-15(11-19-9-10-24-13-16(19)21)20(18(5,6)7)26(8,22)23/h14-15H,9-13H2,1-8H3. The average Bonchev–Trinajstić information content (AvgIpc) is 2.42. The lowest BCUT2D eigenvalue weighted by molar-refractivity contribution is -0.144. The third-order valence-electron chi connectivity index (χ3n) is 4.62. The number of ether oxygens (including phenoxy) is 2. The first-order valence-electron chi connectivity index (χ1n) is 9.10. The van der Waals surface area contributed by atoms with Gasteiger partial charge in [-0.25, -0.2) is 8.42 Å². The predicted octanol–water partition coefficient (Wildman–Crippen LogP) is 1.73. The van der Waals surface area contributed by atoms with E-state index in [4.69, 9.17) is 9.47 Å². The second kappa shape index (κ2) is 8.54. The molecule has 2 atom stereocenters. The molecule has 0 N–H and O–H groups in total. The summed E-state index contributed by atoms with van der Waals surface area (Å²) in [6.07, 6.45) is 1.16. The van der Waals surface area contributed by atoms with Gasteiger partial charge in [0, 0.05) is 18.6 Å². The van der Waals surface area contributed by atoms with Crippen LogP contribution in [-0.4, -0.2) is 80.4 Å². The Hall–Kier alpha value is -0.700. The molecule has 1 rings (SSSR count). The normalized spacial score (nSPS) is 19.7. The molecule has 0 bridgehead atoms. The summed E-state index contributed by atoms with van der Waals surface area (Å²) in [6, 6.07) is -0.461. The Balaban J connectivity index is 3.08. The molecule has 0 saturated carbocycles. The number of amides is 1. The quantitative estimate of drug-likeness (QED) is 0.659. The Morgan fingerprint density at radius 2 is 1.81 bits per heavy atom. The molecule has 0 aromatic rings. The molecule has 1 fully saturated rings. The SMILES string of the molecule is CC(OCC(CN1CCOCC1=O)N(C(C)(C)C)S(C)(=O)=O)C(C)(C)C. The van der Waals surface area contributed by atoms with Crippen molar-refractivity contribution in [3.63, 3.8) is 0 Å². The summed E-state index contributed by atoms with van der Waals surface area (Å²) in [4.78, 5) is 13.8. The first kappa shape index (κ1) is 23.3. The van der Waals surface area contributed by atoms with Crippen molar-refractivity contribution in [1.82, 2.24) is 9.21 Å². The molecule has 8 heteroatoms. The fraction of sp³-hybridized carbons (Fsp3) is 0.944. The number of morpholine rings is 1. The highest BCUT2D eigenvalue weighted by atomic mass is 32.2. The van der Waals surface area contributed by atoms with E-state index in [2.05, 4.69) is 20.8 Å². The summed E-state index contributed by atoms with van der Waals surface area (Å²) in [5, 5.41) is 0. The van der Waals surface area contributed by atoms with Gasteiger partial charge in [0.1, 0.15) is 6.61 Å². The lowest BCUT2D eigenvalue weighted by Crippen LogP contribution is -2.58. The minimum atomic E-state index is -3.49. The van der Waals surface area contributed by atoms with Gasteiger partial charge in [-0.1, -0.05) is 20.8 Å². The molecular formula is C18H36N2O5S. The lowest BCUT2D eigenvalue weighted by atomic mass is 9.90. The van der Waals surface area contributed by atoms with Crippen molar-refractivity contribution in [3.05, 3.63) is 0 Å². The van der Waals surface area contributed by atoms with Gasteiger partial charge in [-0.15, -0.1) is 0 Å². The number of hydrogen-bond donors (Lipinski definition) is 0. The van der Waals surface area contributed by atoms with E-state index < -0.39 is 21.6 Å². The Morgan fingerprint density at radius 3 is 2.23 bits per heavy atom. The summed E-state index contributed by atoms with van der Waals surface area (Å²) >= 11 is 0. The highest BCUT2D eigenvalue weighted by Gasteiger charge is 2.39. The molecule has 1 saturated heterocycles. The number of hydrogen-bond acceptors (Lipinski definition) is 5. The number of carbonyl (C=O) groups is 1. The van der Waals surface area contributed by atoms with Gasteiger partial charge >= 0.3 is 0 Å². The molecule has 154 valence electrons. The smallest absolute Gasteiger partial charge is 0.248 e. The van der Waals surface area contributed by atoms with Crippen LogP contribution in [0.2, 0.25) is 0 Å². The Morgan fingerprint density at radius 1 is 1.23 bits per heavy atom. The highest BCUT2D eigenvalue weighted by molar-refractivity contribution is 7.88. The van der Waals surface area contributed by atoms with Crippen LogP contribution in [-0.2, 0) is 24.3 Å². The molecule has 0 radical (unpaired) electrons. The minimum Gasteiger partial charge on any atom is -0.376 e. The molecule has 0 aromatic heterocycles. The van der Waals surface area contributed by atoms with Crippen molar-refractivity contribution in [2.75, 3.05) is 39.2 Å². The van der Waals surface area contributed by atoms with Gasteiger partial charge in [-0.2, -0.15) is 4.31 Å². The van der Waals surface area contributed by atoms with Crippen molar-refractivity contribution in [1.29, 1.82) is 0 Å².